The fourth-order valence-corrected chi connectivity index (χ4v) is 4.26. The van der Waals surface area contributed by atoms with Crippen LogP contribution in [0.3, 0.4) is 0 Å². The summed E-state index contributed by atoms with van der Waals surface area (Å²) < 4.78 is 46.5. The number of hydrogen-bond acceptors (Lipinski definition) is 4. The summed E-state index contributed by atoms with van der Waals surface area (Å²) in [5.41, 5.74) is 3.05. The van der Waals surface area contributed by atoms with Gasteiger partial charge in [-0.2, -0.15) is 4.98 Å². The van der Waals surface area contributed by atoms with E-state index >= 15 is 0 Å². The van der Waals surface area contributed by atoms with Crippen molar-refractivity contribution in [3.63, 3.8) is 0 Å². The van der Waals surface area contributed by atoms with Crippen LogP contribution < -0.4 is 10.2 Å². The molecule has 1 unspecified atom stereocenters. The summed E-state index contributed by atoms with van der Waals surface area (Å²) in [5.74, 6) is -1.81. The first-order valence-corrected chi connectivity index (χ1v) is 10.7. The Morgan fingerprint density at radius 1 is 0.941 bits per heavy atom. The second kappa shape index (κ2) is 8.75. The minimum atomic E-state index is -0.990. The summed E-state index contributed by atoms with van der Waals surface area (Å²) in [6, 6.07) is 18.4. The van der Waals surface area contributed by atoms with Gasteiger partial charge in [-0.1, -0.05) is 35.5 Å². The fraction of sp³-hybridized carbons (Fsp3) is 0.0800. The van der Waals surface area contributed by atoms with Crippen LogP contribution in [0.4, 0.5) is 18.9 Å². The van der Waals surface area contributed by atoms with E-state index in [1.807, 2.05) is 30.3 Å². The van der Waals surface area contributed by atoms with Crippen LogP contribution in [0, 0.1) is 17.5 Å². The molecule has 0 bridgehead atoms. The summed E-state index contributed by atoms with van der Waals surface area (Å²) in [5, 5.41) is 7.63. The van der Waals surface area contributed by atoms with Crippen molar-refractivity contribution in [2.75, 3.05) is 4.90 Å². The van der Waals surface area contributed by atoms with Crippen LogP contribution in [0.2, 0.25) is 0 Å². The van der Waals surface area contributed by atoms with E-state index in [4.69, 9.17) is 16.7 Å². The Labute approximate surface area is 198 Å². The number of anilines is 1. The highest BCUT2D eigenvalue weighted by Crippen LogP contribution is 2.39. The van der Waals surface area contributed by atoms with Crippen LogP contribution in [-0.4, -0.2) is 15.3 Å². The highest BCUT2D eigenvalue weighted by atomic mass is 32.1. The van der Waals surface area contributed by atoms with Crippen molar-refractivity contribution in [1.29, 1.82) is 0 Å². The average molecular weight is 478 g/mol. The monoisotopic (exact) mass is 478 g/mol. The van der Waals surface area contributed by atoms with E-state index in [0.29, 0.717) is 27.6 Å². The van der Waals surface area contributed by atoms with E-state index in [1.54, 1.807) is 24.0 Å². The summed E-state index contributed by atoms with van der Waals surface area (Å²) in [6.07, 6.45) is 0. The predicted molar refractivity (Wildman–Crippen MR) is 126 cm³/mol. The van der Waals surface area contributed by atoms with Crippen molar-refractivity contribution < 1.29 is 17.7 Å². The number of halogens is 3. The second-order valence-electron chi connectivity index (χ2n) is 7.66. The molecule has 170 valence electrons. The van der Waals surface area contributed by atoms with Gasteiger partial charge in [0.15, 0.2) is 16.7 Å². The molecule has 4 aromatic rings. The van der Waals surface area contributed by atoms with Crippen LogP contribution in [0.1, 0.15) is 24.4 Å². The van der Waals surface area contributed by atoms with Gasteiger partial charge in [0, 0.05) is 17.3 Å². The third kappa shape index (κ3) is 3.94. The van der Waals surface area contributed by atoms with Crippen LogP contribution in [0.15, 0.2) is 83.0 Å². The van der Waals surface area contributed by atoms with E-state index in [0.717, 1.165) is 17.7 Å². The maximum Gasteiger partial charge on any atom is 0.258 e. The van der Waals surface area contributed by atoms with Gasteiger partial charge in [-0.15, -0.1) is 0 Å². The van der Waals surface area contributed by atoms with Gasteiger partial charge in [-0.3, -0.25) is 4.90 Å². The standard InChI is InChI=1S/C25H17F3N4OS/c1-14-21(24-30-23(31-33-24)16-7-9-17(26)10-8-16)22(15-5-3-2-4-6-15)29-25(34)32(14)18-11-12-19(27)20(28)13-18/h2-13,22H,1H3,(H,29,34). The quantitative estimate of drug-likeness (QED) is 0.362. The number of hydrogen-bond donors (Lipinski definition) is 1. The highest BCUT2D eigenvalue weighted by Gasteiger charge is 2.35. The third-order valence-electron chi connectivity index (χ3n) is 5.54. The molecular weight excluding hydrogens is 461 g/mol. The first-order valence-electron chi connectivity index (χ1n) is 10.3. The lowest BCUT2D eigenvalue weighted by molar-refractivity contribution is 0.404. The molecule has 1 aromatic heterocycles. The molecule has 0 saturated heterocycles. The van der Waals surface area contributed by atoms with Crippen molar-refractivity contribution in [3.05, 3.63) is 107 Å². The summed E-state index contributed by atoms with van der Waals surface area (Å²) in [4.78, 5) is 6.13. The molecule has 5 rings (SSSR count). The van der Waals surface area contributed by atoms with Crippen molar-refractivity contribution in [2.45, 2.75) is 13.0 Å². The summed E-state index contributed by atoms with van der Waals surface area (Å²) in [7, 11) is 0. The number of nitrogens with one attached hydrogen (secondary N) is 1. The molecule has 34 heavy (non-hydrogen) atoms. The van der Waals surface area contributed by atoms with Gasteiger partial charge in [0.25, 0.3) is 5.89 Å². The maximum atomic E-state index is 14.0. The molecule has 3 aromatic carbocycles. The van der Waals surface area contributed by atoms with Gasteiger partial charge in [0.05, 0.1) is 17.3 Å². The van der Waals surface area contributed by atoms with Crippen molar-refractivity contribution >= 4 is 28.6 Å². The second-order valence-corrected chi connectivity index (χ2v) is 8.04. The summed E-state index contributed by atoms with van der Waals surface area (Å²) in [6.45, 7) is 1.79. The molecule has 0 fully saturated rings. The zero-order valence-electron chi connectivity index (χ0n) is 17.8. The first kappa shape index (κ1) is 21.8. The molecule has 9 heteroatoms. The minimum absolute atomic E-state index is 0.216. The molecule has 1 atom stereocenters. The zero-order valence-corrected chi connectivity index (χ0v) is 18.6. The largest absolute Gasteiger partial charge is 0.351 e. The molecule has 5 nitrogen and oxygen atoms in total. The van der Waals surface area contributed by atoms with Gasteiger partial charge in [0.2, 0.25) is 5.82 Å². The molecule has 0 amide bonds. The molecule has 0 aliphatic carbocycles. The predicted octanol–water partition coefficient (Wildman–Crippen LogP) is 6.02. The van der Waals surface area contributed by atoms with E-state index < -0.39 is 17.7 Å². The number of aromatic nitrogens is 2. The lowest BCUT2D eigenvalue weighted by Gasteiger charge is -2.37. The molecule has 0 spiro atoms. The van der Waals surface area contributed by atoms with Gasteiger partial charge in [-0.05, 0) is 61.1 Å². The Balaban J connectivity index is 1.65. The van der Waals surface area contributed by atoms with E-state index in [9.17, 15) is 13.2 Å². The van der Waals surface area contributed by atoms with Gasteiger partial charge in [0.1, 0.15) is 5.82 Å². The van der Waals surface area contributed by atoms with E-state index in [2.05, 4.69) is 15.5 Å². The Bertz CT molecular complexity index is 1400. The van der Waals surface area contributed by atoms with Gasteiger partial charge < -0.3 is 9.84 Å². The van der Waals surface area contributed by atoms with Crippen molar-refractivity contribution in [3.8, 4) is 11.4 Å². The zero-order chi connectivity index (χ0) is 23.8. The Hall–Kier alpha value is -3.98. The van der Waals surface area contributed by atoms with Crippen LogP contribution in [-0.2, 0) is 0 Å². The maximum absolute atomic E-state index is 14.0. The third-order valence-corrected chi connectivity index (χ3v) is 5.84. The first-order chi connectivity index (χ1) is 16.4. The van der Waals surface area contributed by atoms with E-state index in [1.165, 1.54) is 18.2 Å². The number of rotatable bonds is 4. The molecule has 1 aliphatic rings. The number of benzene rings is 3. The topological polar surface area (TPSA) is 54.2 Å². The van der Waals surface area contributed by atoms with E-state index in [-0.39, 0.29) is 17.5 Å². The fourth-order valence-electron chi connectivity index (χ4n) is 3.90. The van der Waals surface area contributed by atoms with Crippen LogP contribution in [0.5, 0.6) is 0 Å². The molecular formula is C25H17F3N4OS. The number of thiocarbonyl (C=S) groups is 1. The lowest BCUT2D eigenvalue weighted by Crippen LogP contribution is -2.46. The minimum Gasteiger partial charge on any atom is -0.351 e. The number of allylic oxidation sites excluding steroid dienone is 1. The molecule has 1 aliphatic heterocycles. The highest BCUT2D eigenvalue weighted by molar-refractivity contribution is 7.80. The smallest absolute Gasteiger partial charge is 0.258 e. The van der Waals surface area contributed by atoms with Crippen molar-refractivity contribution in [1.82, 2.24) is 15.5 Å². The molecule has 1 N–H and O–H groups in total. The van der Waals surface area contributed by atoms with Crippen molar-refractivity contribution in [2.24, 2.45) is 0 Å². The normalized spacial score (nSPS) is 16.1. The molecule has 0 saturated carbocycles. The Kier molecular flexibility index (Phi) is 5.62. The SMILES string of the molecule is CC1=C(c2nc(-c3ccc(F)cc3)no2)C(c2ccccc2)NC(=S)N1c1ccc(F)c(F)c1. The molecule has 0 radical (unpaired) electrons. The average Bonchev–Trinajstić information content (AvgIpc) is 3.31. The van der Waals surface area contributed by atoms with Crippen LogP contribution >= 0.6 is 12.2 Å². The van der Waals surface area contributed by atoms with Crippen LogP contribution in [0.25, 0.3) is 17.0 Å². The molecule has 2 heterocycles. The Morgan fingerprint density at radius 2 is 1.68 bits per heavy atom. The lowest BCUT2D eigenvalue weighted by atomic mass is 9.94. The van der Waals surface area contributed by atoms with Gasteiger partial charge in [-0.25, -0.2) is 13.2 Å². The number of nitrogens with zero attached hydrogens (tertiary/aromatic N) is 3. The summed E-state index contributed by atoms with van der Waals surface area (Å²) >= 11 is 5.60. The van der Waals surface area contributed by atoms with Gasteiger partial charge >= 0.3 is 0 Å². The Morgan fingerprint density at radius 3 is 2.38 bits per heavy atom.